The molecule has 0 aliphatic carbocycles. The lowest BCUT2D eigenvalue weighted by Crippen LogP contribution is -2.36. The van der Waals surface area contributed by atoms with Crippen molar-refractivity contribution in [2.45, 2.75) is 27.7 Å². The molecule has 2 aromatic rings. The van der Waals surface area contributed by atoms with Gasteiger partial charge in [0.25, 0.3) is 0 Å². The molecule has 0 radical (unpaired) electrons. The molecule has 5 heteroatoms. The SMILES string of the molecule is CCOc1ccc(NC(=O)CN(C(C)=O)c2ccc(C)c(C)c2)cc1. The molecule has 2 amide bonds. The Hall–Kier alpha value is -2.82. The summed E-state index contributed by atoms with van der Waals surface area (Å²) in [6.45, 7) is 7.92. The third kappa shape index (κ3) is 5.08. The maximum Gasteiger partial charge on any atom is 0.244 e. The molecular formula is C20H24N2O3. The number of benzene rings is 2. The van der Waals surface area contributed by atoms with E-state index in [1.54, 1.807) is 24.3 Å². The molecule has 25 heavy (non-hydrogen) atoms. The number of rotatable bonds is 6. The average molecular weight is 340 g/mol. The molecule has 0 spiro atoms. The number of nitrogens with one attached hydrogen (secondary N) is 1. The van der Waals surface area contributed by atoms with E-state index in [1.807, 2.05) is 39.0 Å². The fourth-order valence-corrected chi connectivity index (χ4v) is 2.42. The van der Waals surface area contributed by atoms with Gasteiger partial charge in [0.1, 0.15) is 12.3 Å². The lowest BCUT2D eigenvalue weighted by Gasteiger charge is -2.21. The highest BCUT2D eigenvalue weighted by Crippen LogP contribution is 2.20. The van der Waals surface area contributed by atoms with Crippen molar-refractivity contribution in [3.63, 3.8) is 0 Å². The Labute approximate surface area is 148 Å². The van der Waals surface area contributed by atoms with Gasteiger partial charge in [-0.1, -0.05) is 6.07 Å². The van der Waals surface area contributed by atoms with E-state index in [0.717, 1.165) is 22.6 Å². The van der Waals surface area contributed by atoms with Gasteiger partial charge in [0.2, 0.25) is 11.8 Å². The molecule has 2 aromatic carbocycles. The van der Waals surface area contributed by atoms with E-state index in [4.69, 9.17) is 4.74 Å². The smallest absolute Gasteiger partial charge is 0.244 e. The lowest BCUT2D eigenvalue weighted by molar-refractivity contribution is -0.120. The van der Waals surface area contributed by atoms with Crippen molar-refractivity contribution in [3.8, 4) is 5.75 Å². The van der Waals surface area contributed by atoms with Gasteiger partial charge in [-0.15, -0.1) is 0 Å². The van der Waals surface area contributed by atoms with Crippen LogP contribution in [0.15, 0.2) is 42.5 Å². The van der Waals surface area contributed by atoms with Crippen LogP contribution in [0.5, 0.6) is 5.75 Å². The standard InChI is InChI=1S/C20H24N2O3/c1-5-25-19-10-7-17(8-11-19)21-20(24)13-22(16(4)23)18-9-6-14(2)15(3)12-18/h6-12H,5,13H2,1-4H3,(H,21,24). The zero-order valence-electron chi connectivity index (χ0n) is 15.1. The van der Waals surface area contributed by atoms with Gasteiger partial charge < -0.3 is 15.0 Å². The number of anilines is 2. The van der Waals surface area contributed by atoms with Crippen LogP contribution in [0.4, 0.5) is 11.4 Å². The first-order valence-corrected chi connectivity index (χ1v) is 8.28. The van der Waals surface area contributed by atoms with Crippen molar-refractivity contribution in [2.24, 2.45) is 0 Å². The van der Waals surface area contributed by atoms with Crippen LogP contribution in [0.3, 0.4) is 0 Å². The third-order valence-corrected chi connectivity index (χ3v) is 3.93. The Balaban J connectivity index is 2.07. The molecule has 5 nitrogen and oxygen atoms in total. The number of aryl methyl sites for hydroxylation is 2. The number of carbonyl (C=O) groups is 2. The van der Waals surface area contributed by atoms with Crippen LogP contribution in [0.25, 0.3) is 0 Å². The molecule has 0 heterocycles. The maximum atomic E-state index is 12.3. The summed E-state index contributed by atoms with van der Waals surface area (Å²) < 4.78 is 5.37. The molecule has 0 aliphatic rings. The van der Waals surface area contributed by atoms with E-state index < -0.39 is 0 Å². The molecule has 0 saturated carbocycles. The van der Waals surface area contributed by atoms with Gasteiger partial charge in [-0.3, -0.25) is 9.59 Å². The van der Waals surface area contributed by atoms with Gasteiger partial charge in [0.05, 0.1) is 6.61 Å². The largest absolute Gasteiger partial charge is 0.494 e. The number of ether oxygens (including phenoxy) is 1. The molecule has 0 aliphatic heterocycles. The molecule has 2 rings (SSSR count). The fourth-order valence-electron chi connectivity index (χ4n) is 2.42. The Morgan fingerprint density at radius 2 is 1.72 bits per heavy atom. The second kappa shape index (κ2) is 8.33. The molecule has 0 saturated heterocycles. The monoisotopic (exact) mass is 340 g/mol. The number of carbonyl (C=O) groups excluding carboxylic acids is 2. The zero-order valence-corrected chi connectivity index (χ0v) is 15.1. The van der Waals surface area contributed by atoms with Gasteiger partial charge >= 0.3 is 0 Å². The minimum Gasteiger partial charge on any atom is -0.494 e. The Morgan fingerprint density at radius 1 is 1.04 bits per heavy atom. The van der Waals surface area contributed by atoms with Crippen molar-refractivity contribution in [1.82, 2.24) is 0 Å². The Bertz CT molecular complexity index is 754. The second-order valence-corrected chi connectivity index (χ2v) is 5.88. The molecule has 132 valence electrons. The summed E-state index contributed by atoms with van der Waals surface area (Å²) in [5.74, 6) is 0.323. The fraction of sp³-hybridized carbons (Fsp3) is 0.300. The number of hydrogen-bond acceptors (Lipinski definition) is 3. The molecule has 0 fully saturated rings. The molecule has 0 unspecified atom stereocenters. The first-order valence-electron chi connectivity index (χ1n) is 8.28. The van der Waals surface area contributed by atoms with Gasteiger partial charge in [0, 0.05) is 18.3 Å². The van der Waals surface area contributed by atoms with Gasteiger partial charge in [-0.05, 0) is 68.3 Å². The van der Waals surface area contributed by atoms with Crippen molar-refractivity contribution >= 4 is 23.2 Å². The minimum atomic E-state index is -0.252. The summed E-state index contributed by atoms with van der Waals surface area (Å²) in [6, 6.07) is 12.9. The second-order valence-electron chi connectivity index (χ2n) is 5.88. The molecule has 0 aromatic heterocycles. The summed E-state index contributed by atoms with van der Waals surface area (Å²) in [7, 11) is 0. The van der Waals surface area contributed by atoms with Crippen LogP contribution in [-0.4, -0.2) is 25.0 Å². The normalized spacial score (nSPS) is 10.2. The van der Waals surface area contributed by atoms with Crippen LogP contribution >= 0.6 is 0 Å². The van der Waals surface area contributed by atoms with Crippen molar-refractivity contribution in [1.29, 1.82) is 0 Å². The summed E-state index contributed by atoms with van der Waals surface area (Å²) in [5.41, 5.74) is 3.61. The molecule has 0 bridgehead atoms. The number of amides is 2. The highest BCUT2D eigenvalue weighted by atomic mass is 16.5. The first-order chi connectivity index (χ1) is 11.9. The third-order valence-electron chi connectivity index (χ3n) is 3.93. The first kappa shape index (κ1) is 18.5. The lowest BCUT2D eigenvalue weighted by atomic mass is 10.1. The van der Waals surface area contributed by atoms with Crippen LogP contribution in [-0.2, 0) is 9.59 Å². The summed E-state index contributed by atoms with van der Waals surface area (Å²) in [5, 5.41) is 2.80. The summed E-state index contributed by atoms with van der Waals surface area (Å²) in [6.07, 6.45) is 0. The molecule has 1 N–H and O–H groups in total. The van der Waals surface area contributed by atoms with Crippen molar-refractivity contribution < 1.29 is 14.3 Å². The van der Waals surface area contributed by atoms with Crippen LogP contribution in [0.1, 0.15) is 25.0 Å². The minimum absolute atomic E-state index is 0.0367. The number of nitrogens with zero attached hydrogens (tertiary/aromatic N) is 1. The van der Waals surface area contributed by atoms with Crippen LogP contribution in [0, 0.1) is 13.8 Å². The van der Waals surface area contributed by atoms with Crippen LogP contribution in [0.2, 0.25) is 0 Å². The average Bonchev–Trinajstić information content (AvgIpc) is 2.57. The van der Waals surface area contributed by atoms with E-state index in [-0.39, 0.29) is 18.4 Å². The van der Waals surface area contributed by atoms with Gasteiger partial charge in [-0.25, -0.2) is 0 Å². The predicted octanol–water partition coefficient (Wildman–Crippen LogP) is 3.69. The van der Waals surface area contributed by atoms with Crippen molar-refractivity contribution in [2.75, 3.05) is 23.4 Å². The van der Waals surface area contributed by atoms with E-state index in [2.05, 4.69) is 5.32 Å². The van der Waals surface area contributed by atoms with Crippen molar-refractivity contribution in [3.05, 3.63) is 53.6 Å². The Morgan fingerprint density at radius 3 is 2.28 bits per heavy atom. The predicted molar refractivity (Wildman–Crippen MR) is 100 cm³/mol. The van der Waals surface area contributed by atoms with E-state index in [1.165, 1.54) is 11.8 Å². The topological polar surface area (TPSA) is 58.6 Å². The van der Waals surface area contributed by atoms with E-state index >= 15 is 0 Å². The number of hydrogen-bond donors (Lipinski definition) is 1. The molecular weight excluding hydrogens is 316 g/mol. The maximum absolute atomic E-state index is 12.3. The zero-order chi connectivity index (χ0) is 18.4. The van der Waals surface area contributed by atoms with E-state index in [9.17, 15) is 9.59 Å². The summed E-state index contributed by atoms with van der Waals surface area (Å²) >= 11 is 0. The Kier molecular flexibility index (Phi) is 6.17. The van der Waals surface area contributed by atoms with E-state index in [0.29, 0.717) is 12.3 Å². The van der Waals surface area contributed by atoms with Crippen LogP contribution < -0.4 is 15.0 Å². The van der Waals surface area contributed by atoms with Gasteiger partial charge in [0.15, 0.2) is 0 Å². The highest BCUT2D eigenvalue weighted by molar-refractivity contribution is 6.01. The summed E-state index contributed by atoms with van der Waals surface area (Å²) in [4.78, 5) is 25.8. The highest BCUT2D eigenvalue weighted by Gasteiger charge is 2.16. The van der Waals surface area contributed by atoms with Gasteiger partial charge in [-0.2, -0.15) is 0 Å². The quantitative estimate of drug-likeness (QED) is 0.872. The molecule has 0 atom stereocenters.